The molecule has 5 nitrogen and oxygen atoms in total. The molecule has 0 spiro atoms. The van der Waals surface area contributed by atoms with E-state index in [2.05, 4.69) is 16.0 Å². The minimum atomic E-state index is 0.137. The highest BCUT2D eigenvalue weighted by Crippen LogP contribution is 2.32. The van der Waals surface area contributed by atoms with Gasteiger partial charge in [0, 0.05) is 17.3 Å². The number of phenolic OH excluding ortho intramolecular Hbond substituents is 1. The fraction of sp³-hybridized carbons (Fsp3) is 0.409. The Balaban J connectivity index is 1.81. The maximum absolute atomic E-state index is 10.3. The van der Waals surface area contributed by atoms with E-state index in [-0.39, 0.29) is 11.8 Å². The number of methoxy groups -OCH3 is 1. The zero-order chi connectivity index (χ0) is 19.1. The number of rotatable bonds is 8. The Hall–Kier alpha value is -2.53. The van der Waals surface area contributed by atoms with E-state index in [4.69, 9.17) is 9.47 Å². The molecule has 27 heavy (non-hydrogen) atoms. The van der Waals surface area contributed by atoms with Crippen LogP contribution < -0.4 is 9.47 Å². The van der Waals surface area contributed by atoms with Crippen LogP contribution in [0.4, 0.5) is 0 Å². The van der Waals surface area contributed by atoms with Gasteiger partial charge < -0.3 is 14.6 Å². The van der Waals surface area contributed by atoms with E-state index in [1.165, 1.54) is 12.8 Å². The van der Waals surface area contributed by atoms with Crippen molar-refractivity contribution in [1.82, 2.24) is 4.90 Å². The van der Waals surface area contributed by atoms with Gasteiger partial charge in [0.1, 0.15) is 5.75 Å². The Bertz CT molecular complexity index is 770. The summed E-state index contributed by atoms with van der Waals surface area (Å²) >= 11 is 0. The summed E-state index contributed by atoms with van der Waals surface area (Å²) in [5, 5.41) is 10.3. The largest absolute Gasteiger partial charge is 0.504 e. The molecular formula is C22H28N2O3. The van der Waals surface area contributed by atoms with Crippen molar-refractivity contribution in [3.63, 3.8) is 0 Å². The second-order valence-electron chi connectivity index (χ2n) is 6.62. The molecule has 2 aromatic rings. The average Bonchev–Trinajstić information content (AvgIpc) is 3.22. The number of phenols is 1. The number of aromatic hydroxyl groups is 1. The number of likely N-dealkylation sites (tertiary alicyclic amines) is 1. The third kappa shape index (κ3) is 4.61. The van der Waals surface area contributed by atoms with Gasteiger partial charge in [0.05, 0.1) is 26.3 Å². The van der Waals surface area contributed by atoms with Crippen LogP contribution in [-0.4, -0.2) is 49.6 Å². The third-order valence-electron chi connectivity index (χ3n) is 4.92. The molecule has 0 saturated carbocycles. The summed E-state index contributed by atoms with van der Waals surface area (Å²) in [6.45, 7) is 5.17. The molecule has 5 heteroatoms. The Morgan fingerprint density at radius 3 is 2.59 bits per heavy atom. The molecule has 1 N–H and O–H groups in total. The highest BCUT2D eigenvalue weighted by molar-refractivity contribution is 5.84. The van der Waals surface area contributed by atoms with E-state index in [0.717, 1.165) is 24.4 Å². The quantitative estimate of drug-likeness (QED) is 0.714. The SMILES string of the molecule is CCOc1cccc(C=NC[C@H](c2ccccc2OC)N2CCCC2)c1O. The lowest BCUT2D eigenvalue weighted by molar-refractivity contribution is 0.246. The van der Waals surface area contributed by atoms with Crippen LogP contribution in [0.3, 0.4) is 0 Å². The van der Waals surface area contributed by atoms with Crippen LogP contribution in [0.5, 0.6) is 17.2 Å². The molecule has 1 aliphatic rings. The molecule has 144 valence electrons. The highest BCUT2D eigenvalue weighted by Gasteiger charge is 2.25. The third-order valence-corrected chi connectivity index (χ3v) is 4.92. The van der Waals surface area contributed by atoms with Gasteiger partial charge in [-0.25, -0.2) is 0 Å². The number of nitrogens with zero attached hydrogens (tertiary/aromatic N) is 2. The number of hydrogen-bond acceptors (Lipinski definition) is 5. The molecule has 1 aliphatic heterocycles. The molecule has 1 saturated heterocycles. The van der Waals surface area contributed by atoms with Gasteiger partial charge in [-0.05, 0) is 51.1 Å². The Labute approximate surface area is 161 Å². The maximum atomic E-state index is 10.3. The van der Waals surface area contributed by atoms with Crippen LogP contribution in [0, 0.1) is 0 Å². The first kappa shape index (κ1) is 19.2. The van der Waals surface area contributed by atoms with E-state index in [1.54, 1.807) is 19.4 Å². The number of para-hydroxylation sites is 2. The first-order valence-corrected chi connectivity index (χ1v) is 9.56. The molecule has 0 bridgehead atoms. The van der Waals surface area contributed by atoms with Crippen LogP contribution in [0.2, 0.25) is 0 Å². The van der Waals surface area contributed by atoms with Gasteiger partial charge in [0.25, 0.3) is 0 Å². The summed E-state index contributed by atoms with van der Waals surface area (Å²) < 4.78 is 11.0. The van der Waals surface area contributed by atoms with Crippen molar-refractivity contribution in [3.05, 3.63) is 53.6 Å². The van der Waals surface area contributed by atoms with Gasteiger partial charge in [0.15, 0.2) is 11.5 Å². The monoisotopic (exact) mass is 368 g/mol. The molecule has 2 aromatic carbocycles. The summed E-state index contributed by atoms with van der Waals surface area (Å²) in [5.74, 6) is 1.52. The van der Waals surface area contributed by atoms with E-state index >= 15 is 0 Å². The molecule has 0 amide bonds. The van der Waals surface area contributed by atoms with Gasteiger partial charge in [-0.15, -0.1) is 0 Å². The van der Waals surface area contributed by atoms with Crippen molar-refractivity contribution < 1.29 is 14.6 Å². The molecule has 0 aliphatic carbocycles. The van der Waals surface area contributed by atoms with E-state index in [0.29, 0.717) is 24.5 Å². The summed E-state index contributed by atoms with van der Waals surface area (Å²) in [5.41, 5.74) is 1.83. The molecular weight excluding hydrogens is 340 g/mol. The first-order valence-electron chi connectivity index (χ1n) is 9.56. The summed E-state index contributed by atoms with van der Waals surface area (Å²) in [6.07, 6.45) is 4.16. The molecule has 1 atom stereocenters. The van der Waals surface area contributed by atoms with Crippen molar-refractivity contribution >= 4 is 6.21 Å². The zero-order valence-electron chi connectivity index (χ0n) is 16.1. The van der Waals surface area contributed by atoms with Gasteiger partial charge in [-0.1, -0.05) is 24.3 Å². The van der Waals surface area contributed by atoms with E-state index in [1.807, 2.05) is 37.3 Å². The smallest absolute Gasteiger partial charge is 0.166 e. The fourth-order valence-electron chi connectivity index (χ4n) is 3.57. The normalized spacial score (nSPS) is 15.9. The van der Waals surface area contributed by atoms with Crippen molar-refractivity contribution in [1.29, 1.82) is 0 Å². The van der Waals surface area contributed by atoms with Crippen molar-refractivity contribution in [2.45, 2.75) is 25.8 Å². The van der Waals surface area contributed by atoms with Gasteiger partial charge in [-0.3, -0.25) is 9.89 Å². The molecule has 0 aromatic heterocycles. The van der Waals surface area contributed by atoms with E-state index in [9.17, 15) is 5.11 Å². The first-order chi connectivity index (χ1) is 13.2. The molecule has 0 radical (unpaired) electrons. The van der Waals surface area contributed by atoms with Crippen molar-refractivity contribution in [2.75, 3.05) is 33.4 Å². The van der Waals surface area contributed by atoms with Crippen LogP contribution >= 0.6 is 0 Å². The minimum Gasteiger partial charge on any atom is -0.504 e. The Kier molecular flexibility index (Phi) is 6.71. The lowest BCUT2D eigenvalue weighted by Crippen LogP contribution is -2.28. The van der Waals surface area contributed by atoms with Gasteiger partial charge in [0.2, 0.25) is 0 Å². The second-order valence-corrected chi connectivity index (χ2v) is 6.62. The minimum absolute atomic E-state index is 0.137. The maximum Gasteiger partial charge on any atom is 0.166 e. The Morgan fingerprint density at radius 2 is 1.85 bits per heavy atom. The highest BCUT2D eigenvalue weighted by atomic mass is 16.5. The van der Waals surface area contributed by atoms with Crippen LogP contribution in [0.1, 0.15) is 36.9 Å². The number of aliphatic imine (C=N–C) groups is 1. The fourth-order valence-corrected chi connectivity index (χ4v) is 3.57. The summed E-state index contributed by atoms with van der Waals surface area (Å²) in [4.78, 5) is 7.13. The summed E-state index contributed by atoms with van der Waals surface area (Å²) in [6, 6.07) is 13.8. The zero-order valence-corrected chi connectivity index (χ0v) is 16.1. The number of ether oxygens (including phenoxy) is 2. The van der Waals surface area contributed by atoms with Gasteiger partial charge in [-0.2, -0.15) is 0 Å². The lowest BCUT2D eigenvalue weighted by Gasteiger charge is -2.27. The van der Waals surface area contributed by atoms with Crippen LogP contribution in [0.15, 0.2) is 47.5 Å². The molecule has 3 rings (SSSR count). The molecule has 1 fully saturated rings. The predicted octanol–water partition coefficient (Wildman–Crippen LogP) is 4.06. The van der Waals surface area contributed by atoms with Crippen molar-refractivity contribution in [3.8, 4) is 17.2 Å². The second kappa shape index (κ2) is 9.42. The number of hydrogen-bond donors (Lipinski definition) is 1. The van der Waals surface area contributed by atoms with Crippen LogP contribution in [0.25, 0.3) is 0 Å². The van der Waals surface area contributed by atoms with Crippen molar-refractivity contribution in [2.24, 2.45) is 4.99 Å². The van der Waals surface area contributed by atoms with Crippen LogP contribution in [-0.2, 0) is 0 Å². The van der Waals surface area contributed by atoms with Gasteiger partial charge >= 0.3 is 0 Å². The number of benzene rings is 2. The lowest BCUT2D eigenvalue weighted by atomic mass is 10.0. The average molecular weight is 368 g/mol. The van der Waals surface area contributed by atoms with E-state index < -0.39 is 0 Å². The topological polar surface area (TPSA) is 54.3 Å². The molecule has 0 unspecified atom stereocenters. The summed E-state index contributed by atoms with van der Waals surface area (Å²) in [7, 11) is 1.71. The Morgan fingerprint density at radius 1 is 1.11 bits per heavy atom. The standard InChI is InChI=1S/C22H28N2O3/c1-3-27-21-12-8-9-17(22(21)25)15-23-16-19(24-13-6-7-14-24)18-10-4-5-11-20(18)26-2/h4-5,8-12,15,19,25H,3,6-7,13-14,16H2,1-2H3/t19-/m1/s1. The predicted molar refractivity (Wildman–Crippen MR) is 108 cm³/mol. The molecule has 1 heterocycles.